The van der Waals surface area contributed by atoms with E-state index < -0.39 is 0 Å². The van der Waals surface area contributed by atoms with Gasteiger partial charge in [-0.25, -0.2) is 0 Å². The van der Waals surface area contributed by atoms with Gasteiger partial charge in [-0.15, -0.1) is 0 Å². The summed E-state index contributed by atoms with van der Waals surface area (Å²) < 4.78 is 16.0. The van der Waals surface area contributed by atoms with Crippen molar-refractivity contribution in [3.8, 4) is 17.2 Å². The molecule has 0 aliphatic rings. The maximum atomic E-state index is 11.7. The van der Waals surface area contributed by atoms with E-state index in [1.807, 2.05) is 13.8 Å². The summed E-state index contributed by atoms with van der Waals surface area (Å²) in [5.41, 5.74) is 5.76. The Balaban J connectivity index is 3.27. The Morgan fingerprint density at radius 1 is 1.17 bits per heavy atom. The minimum Gasteiger partial charge on any atom is -0.496 e. The minimum atomic E-state index is -0.207. The molecular formula is C13H19NO4. The number of ketones is 1. The molecule has 0 heterocycles. The third-order valence-corrected chi connectivity index (χ3v) is 2.33. The summed E-state index contributed by atoms with van der Waals surface area (Å²) in [6, 6.07) is 3.23. The van der Waals surface area contributed by atoms with Gasteiger partial charge in [-0.05, 0) is 19.9 Å². The molecule has 0 aliphatic carbocycles. The zero-order valence-corrected chi connectivity index (χ0v) is 11.1. The van der Waals surface area contributed by atoms with Gasteiger partial charge in [0, 0.05) is 6.07 Å². The van der Waals surface area contributed by atoms with Crippen molar-refractivity contribution in [1.82, 2.24) is 0 Å². The second-order valence-corrected chi connectivity index (χ2v) is 4.00. The summed E-state index contributed by atoms with van der Waals surface area (Å²) in [5.74, 6) is 1.25. The van der Waals surface area contributed by atoms with Crippen LogP contribution in [0.3, 0.4) is 0 Å². The van der Waals surface area contributed by atoms with E-state index in [0.29, 0.717) is 22.8 Å². The van der Waals surface area contributed by atoms with Gasteiger partial charge in [-0.2, -0.15) is 0 Å². The highest BCUT2D eigenvalue weighted by Crippen LogP contribution is 2.35. The molecule has 0 unspecified atom stereocenters. The lowest BCUT2D eigenvalue weighted by molar-refractivity contribution is 0.0998. The number of carbonyl (C=O) groups excluding carboxylic acids is 1. The number of methoxy groups -OCH3 is 2. The molecular weight excluding hydrogens is 234 g/mol. The Kier molecular flexibility index (Phi) is 4.97. The van der Waals surface area contributed by atoms with Crippen LogP contribution in [0.1, 0.15) is 24.2 Å². The molecule has 0 radical (unpaired) electrons. The van der Waals surface area contributed by atoms with Gasteiger partial charge in [0.2, 0.25) is 0 Å². The molecule has 0 atom stereocenters. The first-order chi connectivity index (χ1) is 8.53. The Morgan fingerprint density at radius 3 is 2.22 bits per heavy atom. The molecule has 5 heteroatoms. The quantitative estimate of drug-likeness (QED) is 0.780. The molecule has 0 fully saturated rings. The number of ether oxygens (including phenoxy) is 3. The molecule has 5 nitrogen and oxygen atoms in total. The number of benzene rings is 1. The molecule has 1 aromatic rings. The normalized spacial score (nSPS) is 10.3. The van der Waals surface area contributed by atoms with Crippen molar-refractivity contribution in [2.45, 2.75) is 20.0 Å². The molecule has 1 aromatic carbocycles. The van der Waals surface area contributed by atoms with Crippen LogP contribution >= 0.6 is 0 Å². The van der Waals surface area contributed by atoms with E-state index in [1.165, 1.54) is 14.2 Å². The van der Waals surface area contributed by atoms with Gasteiger partial charge in [0.05, 0.1) is 32.4 Å². The number of Topliss-reactive ketones (excluding diaryl/α,β-unsaturated/α-hetero) is 1. The highest BCUT2D eigenvalue weighted by molar-refractivity contribution is 6.00. The zero-order valence-electron chi connectivity index (χ0n) is 11.1. The van der Waals surface area contributed by atoms with Crippen LogP contribution < -0.4 is 19.9 Å². The molecule has 100 valence electrons. The summed E-state index contributed by atoms with van der Waals surface area (Å²) in [4.78, 5) is 11.7. The minimum absolute atomic E-state index is 0.000309. The fourth-order valence-electron chi connectivity index (χ4n) is 1.54. The molecule has 18 heavy (non-hydrogen) atoms. The van der Waals surface area contributed by atoms with Crippen molar-refractivity contribution in [2.75, 3.05) is 20.8 Å². The first kappa shape index (κ1) is 14.3. The highest BCUT2D eigenvalue weighted by atomic mass is 16.5. The van der Waals surface area contributed by atoms with E-state index in [4.69, 9.17) is 19.9 Å². The summed E-state index contributed by atoms with van der Waals surface area (Å²) in [7, 11) is 3.01. The Hall–Kier alpha value is -1.75. The summed E-state index contributed by atoms with van der Waals surface area (Å²) in [6.07, 6.45) is -0.000309. The molecule has 1 rings (SSSR count). The van der Waals surface area contributed by atoms with E-state index in [-0.39, 0.29) is 18.4 Å². The average molecular weight is 253 g/mol. The fraction of sp³-hybridized carbons (Fsp3) is 0.462. The topological polar surface area (TPSA) is 70.8 Å². The lowest BCUT2D eigenvalue weighted by Gasteiger charge is -2.16. The number of nitrogens with two attached hydrogens (primary N) is 1. The van der Waals surface area contributed by atoms with Crippen LogP contribution in [0.5, 0.6) is 17.2 Å². The predicted octanol–water partition coefficient (Wildman–Crippen LogP) is 1.63. The van der Waals surface area contributed by atoms with Crippen molar-refractivity contribution in [1.29, 1.82) is 0 Å². The molecule has 0 saturated heterocycles. The second kappa shape index (κ2) is 6.26. The van der Waals surface area contributed by atoms with Crippen molar-refractivity contribution in [3.05, 3.63) is 17.7 Å². The van der Waals surface area contributed by atoms with Crippen LogP contribution in [0, 0.1) is 0 Å². The molecule has 2 N–H and O–H groups in total. The SMILES string of the molecule is COc1cc(C(=O)CN)c(OC)cc1OC(C)C. The first-order valence-corrected chi connectivity index (χ1v) is 5.69. The zero-order chi connectivity index (χ0) is 13.7. The van der Waals surface area contributed by atoms with Gasteiger partial charge in [-0.3, -0.25) is 4.79 Å². The standard InChI is InChI=1S/C13H19NO4/c1-8(2)18-13-6-11(16-3)9(10(15)7-14)5-12(13)17-4/h5-6,8H,7,14H2,1-4H3. The lowest BCUT2D eigenvalue weighted by Crippen LogP contribution is -2.15. The third kappa shape index (κ3) is 3.13. The van der Waals surface area contributed by atoms with Crippen LogP contribution in [0.25, 0.3) is 0 Å². The Labute approximate surface area is 107 Å². The highest BCUT2D eigenvalue weighted by Gasteiger charge is 2.17. The number of hydrogen-bond acceptors (Lipinski definition) is 5. The van der Waals surface area contributed by atoms with Gasteiger partial charge in [0.25, 0.3) is 0 Å². The van der Waals surface area contributed by atoms with Crippen molar-refractivity contribution < 1.29 is 19.0 Å². The Morgan fingerprint density at radius 2 is 1.78 bits per heavy atom. The first-order valence-electron chi connectivity index (χ1n) is 5.69. The van der Waals surface area contributed by atoms with Crippen molar-refractivity contribution in [3.63, 3.8) is 0 Å². The molecule has 0 amide bonds. The summed E-state index contributed by atoms with van der Waals surface area (Å²) >= 11 is 0. The van der Waals surface area contributed by atoms with Gasteiger partial charge < -0.3 is 19.9 Å². The van der Waals surface area contributed by atoms with E-state index in [2.05, 4.69) is 0 Å². The van der Waals surface area contributed by atoms with E-state index in [9.17, 15) is 4.79 Å². The van der Waals surface area contributed by atoms with E-state index in [1.54, 1.807) is 12.1 Å². The maximum Gasteiger partial charge on any atom is 0.180 e. The third-order valence-electron chi connectivity index (χ3n) is 2.33. The van der Waals surface area contributed by atoms with E-state index >= 15 is 0 Å². The van der Waals surface area contributed by atoms with Gasteiger partial charge in [0.15, 0.2) is 17.3 Å². The lowest BCUT2D eigenvalue weighted by atomic mass is 10.1. The molecule has 0 spiro atoms. The largest absolute Gasteiger partial charge is 0.496 e. The monoisotopic (exact) mass is 253 g/mol. The number of carbonyl (C=O) groups is 1. The van der Waals surface area contributed by atoms with Gasteiger partial charge in [0.1, 0.15) is 5.75 Å². The smallest absolute Gasteiger partial charge is 0.180 e. The van der Waals surface area contributed by atoms with Crippen LogP contribution in [-0.2, 0) is 0 Å². The van der Waals surface area contributed by atoms with Crippen LogP contribution in [0.2, 0.25) is 0 Å². The number of rotatable bonds is 6. The van der Waals surface area contributed by atoms with Crippen molar-refractivity contribution in [2.24, 2.45) is 5.73 Å². The summed E-state index contributed by atoms with van der Waals surface area (Å²) in [5, 5.41) is 0. The predicted molar refractivity (Wildman–Crippen MR) is 68.7 cm³/mol. The van der Waals surface area contributed by atoms with Crippen LogP contribution in [0.15, 0.2) is 12.1 Å². The van der Waals surface area contributed by atoms with Gasteiger partial charge in [-0.1, -0.05) is 0 Å². The van der Waals surface area contributed by atoms with Gasteiger partial charge >= 0.3 is 0 Å². The molecule has 0 aliphatic heterocycles. The van der Waals surface area contributed by atoms with Crippen LogP contribution in [-0.4, -0.2) is 32.7 Å². The summed E-state index contributed by atoms with van der Waals surface area (Å²) in [6.45, 7) is 3.74. The maximum absolute atomic E-state index is 11.7. The second-order valence-electron chi connectivity index (χ2n) is 4.00. The van der Waals surface area contributed by atoms with Crippen molar-refractivity contribution >= 4 is 5.78 Å². The van der Waals surface area contributed by atoms with Crippen LogP contribution in [0.4, 0.5) is 0 Å². The number of hydrogen-bond donors (Lipinski definition) is 1. The molecule has 0 saturated carbocycles. The van der Waals surface area contributed by atoms with E-state index in [0.717, 1.165) is 0 Å². The molecule has 0 bridgehead atoms. The fourth-order valence-corrected chi connectivity index (χ4v) is 1.54. The average Bonchev–Trinajstić information content (AvgIpc) is 2.36. The Bertz CT molecular complexity index is 429. The molecule has 0 aromatic heterocycles.